The van der Waals surface area contributed by atoms with Crippen LogP contribution in [0.25, 0.3) is 12.2 Å². The van der Waals surface area contributed by atoms with E-state index in [1.165, 1.54) is 43.3 Å². The Hall–Kier alpha value is -2.73. The number of hydrogen-bond donors (Lipinski definition) is 4. The quantitative estimate of drug-likeness (QED) is 0.328. The lowest BCUT2D eigenvalue weighted by molar-refractivity contribution is -0.114. The van der Waals surface area contributed by atoms with E-state index in [0.29, 0.717) is 0 Å². The molecule has 11 heteroatoms. The number of carbonyl (C=O) groups excluding carboxylic acids is 1. The molecule has 0 aliphatic heterocycles. The highest BCUT2D eigenvalue weighted by Gasteiger charge is 2.17. The second-order valence-corrected chi connectivity index (χ2v) is 8.29. The summed E-state index contributed by atoms with van der Waals surface area (Å²) in [5, 5.41) is 2.39. The fourth-order valence-electron chi connectivity index (χ4n) is 2.27. The molecule has 0 aliphatic rings. The Bertz CT molecular complexity index is 1140. The number of benzene rings is 2. The maximum Gasteiger partial charge on any atom is 0.295 e. The van der Waals surface area contributed by atoms with Crippen LogP contribution in [0.2, 0.25) is 0 Å². The predicted molar refractivity (Wildman–Crippen MR) is 100 cm³/mol. The second kappa shape index (κ2) is 7.48. The highest BCUT2D eigenvalue weighted by Crippen LogP contribution is 2.25. The van der Waals surface area contributed by atoms with Crippen molar-refractivity contribution < 1.29 is 30.7 Å². The molecule has 0 heterocycles. The van der Waals surface area contributed by atoms with Crippen molar-refractivity contribution in [3.05, 3.63) is 47.5 Å². The van der Waals surface area contributed by atoms with Crippen LogP contribution in [-0.4, -0.2) is 31.8 Å². The van der Waals surface area contributed by atoms with Crippen molar-refractivity contribution in [1.82, 2.24) is 0 Å². The van der Waals surface area contributed by atoms with Crippen LogP contribution in [0.1, 0.15) is 18.1 Å². The molecule has 27 heavy (non-hydrogen) atoms. The van der Waals surface area contributed by atoms with Crippen LogP contribution in [0.15, 0.2) is 46.2 Å². The second-order valence-electron chi connectivity index (χ2n) is 5.51. The molecule has 9 nitrogen and oxygen atoms in total. The summed E-state index contributed by atoms with van der Waals surface area (Å²) >= 11 is 0. The maximum atomic E-state index is 11.6. The van der Waals surface area contributed by atoms with Gasteiger partial charge in [-0.2, -0.15) is 16.8 Å². The summed E-state index contributed by atoms with van der Waals surface area (Å²) in [6.45, 7) is 1.24. The first kappa shape index (κ1) is 20.6. The summed E-state index contributed by atoms with van der Waals surface area (Å²) in [5.41, 5.74) is 5.87. The van der Waals surface area contributed by atoms with E-state index in [2.05, 4.69) is 5.32 Å². The first-order valence-corrected chi connectivity index (χ1v) is 10.2. The lowest BCUT2D eigenvalue weighted by Gasteiger charge is -2.08. The van der Waals surface area contributed by atoms with Crippen molar-refractivity contribution in [3.8, 4) is 0 Å². The van der Waals surface area contributed by atoms with Crippen LogP contribution in [0.4, 0.5) is 11.4 Å². The van der Waals surface area contributed by atoms with Crippen molar-refractivity contribution in [3.63, 3.8) is 0 Å². The zero-order valence-electron chi connectivity index (χ0n) is 13.9. The van der Waals surface area contributed by atoms with Gasteiger partial charge in [0.2, 0.25) is 5.91 Å². The number of anilines is 2. The Balaban J connectivity index is 2.57. The number of carbonyl (C=O) groups is 1. The van der Waals surface area contributed by atoms with E-state index in [4.69, 9.17) is 5.73 Å². The van der Waals surface area contributed by atoms with Gasteiger partial charge in [0.05, 0.1) is 0 Å². The molecule has 0 unspecified atom stereocenters. The van der Waals surface area contributed by atoms with Gasteiger partial charge < -0.3 is 11.1 Å². The van der Waals surface area contributed by atoms with Crippen molar-refractivity contribution in [1.29, 1.82) is 0 Å². The highest BCUT2D eigenvalue weighted by atomic mass is 32.2. The molecule has 2 rings (SSSR count). The van der Waals surface area contributed by atoms with Crippen LogP contribution in [0, 0.1) is 0 Å². The lowest BCUT2D eigenvalue weighted by atomic mass is 10.1. The van der Waals surface area contributed by atoms with Gasteiger partial charge in [0.25, 0.3) is 20.2 Å². The Morgan fingerprint density at radius 3 is 1.89 bits per heavy atom. The minimum Gasteiger partial charge on any atom is -0.399 e. The molecule has 144 valence electrons. The van der Waals surface area contributed by atoms with Crippen molar-refractivity contribution >= 4 is 49.7 Å². The van der Waals surface area contributed by atoms with Crippen LogP contribution in [-0.2, 0) is 25.0 Å². The smallest absolute Gasteiger partial charge is 0.295 e. The molecule has 0 saturated carbocycles. The summed E-state index contributed by atoms with van der Waals surface area (Å²) in [5.74, 6) is -0.431. The lowest BCUT2D eigenvalue weighted by Crippen LogP contribution is -2.08. The highest BCUT2D eigenvalue weighted by molar-refractivity contribution is 7.86. The Morgan fingerprint density at radius 2 is 1.41 bits per heavy atom. The molecule has 2 aromatic rings. The molecule has 0 aliphatic carbocycles. The Morgan fingerprint density at radius 1 is 0.926 bits per heavy atom. The molecule has 0 radical (unpaired) electrons. The van der Waals surface area contributed by atoms with E-state index in [0.717, 1.165) is 12.1 Å². The number of amides is 1. The summed E-state index contributed by atoms with van der Waals surface area (Å²) in [6, 6.07) is 7.56. The van der Waals surface area contributed by atoms with Gasteiger partial charge in [-0.05, 0) is 35.4 Å². The zero-order valence-corrected chi connectivity index (χ0v) is 15.6. The molecule has 0 atom stereocenters. The van der Waals surface area contributed by atoms with Gasteiger partial charge in [-0.25, -0.2) is 0 Å². The number of nitrogen functional groups attached to an aromatic ring is 1. The zero-order chi connectivity index (χ0) is 20.4. The number of nitrogens with two attached hydrogens (primary N) is 1. The van der Waals surface area contributed by atoms with Gasteiger partial charge in [0.15, 0.2) is 0 Å². The average Bonchev–Trinajstić information content (AvgIpc) is 2.52. The third kappa shape index (κ3) is 5.37. The molecule has 0 saturated heterocycles. The van der Waals surface area contributed by atoms with E-state index >= 15 is 0 Å². The van der Waals surface area contributed by atoms with Crippen molar-refractivity contribution in [2.45, 2.75) is 16.7 Å². The molecule has 0 spiro atoms. The average molecular weight is 412 g/mol. The van der Waals surface area contributed by atoms with Gasteiger partial charge in [0.1, 0.15) is 9.79 Å². The molecule has 0 bridgehead atoms. The number of rotatable bonds is 5. The van der Waals surface area contributed by atoms with Gasteiger partial charge >= 0.3 is 0 Å². The van der Waals surface area contributed by atoms with Crippen LogP contribution < -0.4 is 11.1 Å². The standard InChI is InChI=1S/C16H16N2O7S2/c1-10(19)18-14-7-5-12(16(9-14)27(23,24)25)3-2-11-4-6-13(17)8-15(11)26(20,21)22/h2-9H,17H2,1H3,(H,18,19)(H,20,21,22)(H,23,24,25). The number of nitrogens with one attached hydrogen (secondary N) is 1. The summed E-state index contributed by atoms with van der Waals surface area (Å²) in [4.78, 5) is 10.2. The Labute approximate surface area is 156 Å². The third-order valence-electron chi connectivity index (χ3n) is 3.37. The molecule has 1 amide bonds. The van der Waals surface area contributed by atoms with E-state index in [1.54, 1.807) is 0 Å². The van der Waals surface area contributed by atoms with E-state index in [1.807, 2.05) is 0 Å². The molecule has 0 fully saturated rings. The summed E-state index contributed by atoms with van der Waals surface area (Å²) < 4.78 is 64.9. The molecule has 0 aromatic heterocycles. The van der Waals surface area contributed by atoms with Gasteiger partial charge in [-0.1, -0.05) is 24.3 Å². The third-order valence-corrected chi connectivity index (χ3v) is 5.19. The van der Waals surface area contributed by atoms with Crippen LogP contribution in [0.3, 0.4) is 0 Å². The Kier molecular flexibility index (Phi) is 5.70. The first-order chi connectivity index (χ1) is 12.4. The van der Waals surface area contributed by atoms with E-state index in [-0.39, 0.29) is 22.5 Å². The van der Waals surface area contributed by atoms with Gasteiger partial charge in [-0.15, -0.1) is 0 Å². The normalized spacial score (nSPS) is 12.3. The van der Waals surface area contributed by atoms with Gasteiger partial charge in [0, 0.05) is 18.3 Å². The van der Waals surface area contributed by atoms with Crippen molar-refractivity contribution in [2.24, 2.45) is 0 Å². The maximum absolute atomic E-state index is 11.6. The fourth-order valence-corrected chi connectivity index (χ4v) is 3.70. The van der Waals surface area contributed by atoms with E-state index in [9.17, 15) is 30.7 Å². The van der Waals surface area contributed by atoms with Crippen LogP contribution in [0.5, 0.6) is 0 Å². The molecular weight excluding hydrogens is 396 g/mol. The first-order valence-electron chi connectivity index (χ1n) is 7.32. The predicted octanol–water partition coefficient (Wildman–Crippen LogP) is 1.89. The van der Waals surface area contributed by atoms with Crippen LogP contribution >= 0.6 is 0 Å². The summed E-state index contributed by atoms with van der Waals surface area (Å²) in [6.07, 6.45) is 2.48. The largest absolute Gasteiger partial charge is 0.399 e. The van der Waals surface area contributed by atoms with Crippen molar-refractivity contribution in [2.75, 3.05) is 11.1 Å². The topological polar surface area (TPSA) is 164 Å². The molecule has 2 aromatic carbocycles. The number of hydrogen-bond acceptors (Lipinski definition) is 6. The molecular formula is C16H16N2O7S2. The van der Waals surface area contributed by atoms with E-state index < -0.39 is 35.9 Å². The summed E-state index contributed by atoms with van der Waals surface area (Å²) in [7, 11) is -9.20. The monoisotopic (exact) mass is 412 g/mol. The molecule has 5 N–H and O–H groups in total. The van der Waals surface area contributed by atoms with Gasteiger partial charge in [-0.3, -0.25) is 13.9 Å². The fraction of sp³-hybridized carbons (Fsp3) is 0.0625. The minimum absolute atomic E-state index is 0.0321. The minimum atomic E-state index is -4.63. The SMILES string of the molecule is CC(=O)Nc1ccc(C=Cc2ccc(N)cc2S(=O)(=O)O)c(S(=O)(=O)O)c1.